The van der Waals surface area contributed by atoms with Gasteiger partial charge in [0.05, 0.1) is 29.5 Å². The van der Waals surface area contributed by atoms with Gasteiger partial charge in [-0.1, -0.05) is 23.2 Å². The van der Waals surface area contributed by atoms with Gasteiger partial charge >= 0.3 is 12.1 Å². The van der Waals surface area contributed by atoms with Crippen LogP contribution < -0.4 is 15.8 Å². The van der Waals surface area contributed by atoms with Crippen LogP contribution in [0, 0.1) is 0 Å². The molecule has 11 nitrogen and oxygen atoms in total. The molecule has 0 aliphatic rings. The topological polar surface area (TPSA) is 154 Å². The highest BCUT2D eigenvalue weighted by Gasteiger charge is 2.20. The molecule has 188 valence electrons. The van der Waals surface area contributed by atoms with Crippen LogP contribution in [-0.2, 0) is 16.1 Å². The van der Waals surface area contributed by atoms with E-state index in [1.807, 2.05) is 0 Å². The molecule has 13 heteroatoms. The number of aliphatic carboxylic acids is 1. The lowest BCUT2D eigenvalue weighted by molar-refractivity contribution is -0.138. The average molecular weight is 525 g/mol. The lowest BCUT2D eigenvalue weighted by Gasteiger charge is -2.19. The molecule has 0 unspecified atom stereocenters. The minimum atomic E-state index is -1.06. The Kier molecular flexibility index (Phi) is 8.36. The molecule has 0 aliphatic heterocycles. The molecular formula is C22H26Cl2N6O5. The Balaban J connectivity index is 1.81. The average Bonchev–Trinajstić information content (AvgIpc) is 3.18. The maximum Gasteiger partial charge on any atom is 0.413 e. The highest BCUT2D eigenvalue weighted by molar-refractivity contribution is 6.42. The van der Waals surface area contributed by atoms with E-state index in [9.17, 15) is 9.59 Å². The number of aromatic nitrogens is 4. The molecule has 0 aliphatic carbocycles. The quantitative estimate of drug-likeness (QED) is 0.350. The summed E-state index contributed by atoms with van der Waals surface area (Å²) < 4.78 is 12.8. The van der Waals surface area contributed by atoms with Crippen molar-refractivity contribution >= 4 is 52.2 Å². The fourth-order valence-corrected chi connectivity index (χ4v) is 3.52. The zero-order chi connectivity index (χ0) is 25.8. The number of nitrogens with zero attached hydrogens (tertiary/aromatic N) is 4. The molecule has 0 saturated carbocycles. The first-order valence-electron chi connectivity index (χ1n) is 10.7. The minimum absolute atomic E-state index is 0.200. The van der Waals surface area contributed by atoms with Crippen molar-refractivity contribution in [2.45, 2.75) is 51.8 Å². The minimum Gasteiger partial charge on any atom is -0.493 e. The van der Waals surface area contributed by atoms with Crippen LogP contribution in [0.4, 0.5) is 10.6 Å². The lowest BCUT2D eigenvalue weighted by atomic mass is 10.1. The van der Waals surface area contributed by atoms with Gasteiger partial charge in [-0.2, -0.15) is 0 Å². The molecule has 2 heterocycles. The summed E-state index contributed by atoms with van der Waals surface area (Å²) in [6.45, 7) is 5.72. The van der Waals surface area contributed by atoms with Crippen LogP contribution in [0.3, 0.4) is 0 Å². The van der Waals surface area contributed by atoms with Gasteiger partial charge in [0, 0.05) is 5.56 Å². The second kappa shape index (κ2) is 11.1. The maximum absolute atomic E-state index is 12.2. The van der Waals surface area contributed by atoms with Crippen molar-refractivity contribution in [1.82, 2.24) is 19.5 Å². The molecule has 3 rings (SSSR count). The Morgan fingerprint density at radius 1 is 1.23 bits per heavy atom. The highest BCUT2D eigenvalue weighted by Crippen LogP contribution is 2.34. The van der Waals surface area contributed by atoms with E-state index in [-0.39, 0.29) is 25.4 Å². The molecule has 0 fully saturated rings. The Morgan fingerprint density at radius 3 is 2.66 bits per heavy atom. The van der Waals surface area contributed by atoms with Crippen molar-refractivity contribution in [1.29, 1.82) is 0 Å². The number of benzene rings is 1. The van der Waals surface area contributed by atoms with Gasteiger partial charge in [0.1, 0.15) is 23.7 Å². The summed E-state index contributed by atoms with van der Waals surface area (Å²) in [6.07, 6.45) is 2.88. The van der Waals surface area contributed by atoms with E-state index in [1.54, 1.807) is 37.5 Å². The first kappa shape index (κ1) is 26.5. The van der Waals surface area contributed by atoms with E-state index in [2.05, 4.69) is 20.3 Å². The number of fused-ring (bicyclic) bond motifs is 1. The molecule has 0 spiro atoms. The van der Waals surface area contributed by atoms with Gasteiger partial charge in [0.2, 0.25) is 0 Å². The molecule has 0 bridgehead atoms. The van der Waals surface area contributed by atoms with Crippen LogP contribution in [0.1, 0.15) is 39.2 Å². The van der Waals surface area contributed by atoms with Gasteiger partial charge in [-0.15, -0.1) is 0 Å². The molecule has 1 aromatic carbocycles. The third kappa shape index (κ3) is 6.93. The number of hydrogen-bond donors (Lipinski definition) is 3. The molecular weight excluding hydrogens is 499 g/mol. The van der Waals surface area contributed by atoms with Gasteiger partial charge in [-0.3, -0.25) is 10.1 Å². The van der Waals surface area contributed by atoms with Crippen LogP contribution in [0.2, 0.25) is 10.0 Å². The number of amides is 1. The largest absolute Gasteiger partial charge is 0.493 e. The molecule has 3 aromatic rings. The van der Waals surface area contributed by atoms with Gasteiger partial charge in [-0.25, -0.2) is 19.7 Å². The number of nitrogens with two attached hydrogens (primary N) is 1. The fourth-order valence-electron chi connectivity index (χ4n) is 3.12. The molecule has 1 atom stereocenters. The first-order valence-corrected chi connectivity index (χ1v) is 11.5. The number of rotatable bonds is 9. The number of anilines is 1. The lowest BCUT2D eigenvalue weighted by Crippen LogP contribution is -2.30. The summed E-state index contributed by atoms with van der Waals surface area (Å²) in [6, 6.07) is 2.35. The number of halogens is 2. The number of carboxylic acids is 1. The predicted molar refractivity (Wildman–Crippen MR) is 131 cm³/mol. The van der Waals surface area contributed by atoms with Gasteiger partial charge in [0.15, 0.2) is 17.0 Å². The van der Waals surface area contributed by atoms with Crippen molar-refractivity contribution < 1.29 is 24.2 Å². The predicted octanol–water partition coefficient (Wildman–Crippen LogP) is 4.10. The van der Waals surface area contributed by atoms with Crippen LogP contribution in [0.15, 0.2) is 24.8 Å². The Hall–Kier alpha value is -3.15. The van der Waals surface area contributed by atoms with E-state index >= 15 is 0 Å². The molecule has 1 amide bonds. The third-order valence-electron chi connectivity index (χ3n) is 4.74. The van der Waals surface area contributed by atoms with Gasteiger partial charge in [-0.05, 0) is 45.7 Å². The van der Waals surface area contributed by atoms with Crippen molar-refractivity contribution in [2.75, 3.05) is 11.9 Å². The summed E-state index contributed by atoms with van der Waals surface area (Å²) in [5.41, 5.74) is 6.25. The van der Waals surface area contributed by atoms with Crippen molar-refractivity contribution in [3.63, 3.8) is 0 Å². The van der Waals surface area contributed by atoms with Gasteiger partial charge < -0.3 is 24.9 Å². The van der Waals surface area contributed by atoms with Crippen LogP contribution in [-0.4, -0.2) is 54.9 Å². The Bertz CT molecular complexity index is 1230. The number of carboxylic acid groups (broad SMARTS) is 1. The van der Waals surface area contributed by atoms with E-state index in [1.165, 1.54) is 12.7 Å². The number of hydrogen-bond acceptors (Lipinski definition) is 8. The van der Waals surface area contributed by atoms with Crippen molar-refractivity contribution in [2.24, 2.45) is 5.73 Å². The zero-order valence-corrected chi connectivity index (χ0v) is 20.9. The summed E-state index contributed by atoms with van der Waals surface area (Å²) in [7, 11) is 0. The smallest absolute Gasteiger partial charge is 0.413 e. The van der Waals surface area contributed by atoms with Crippen LogP contribution in [0.5, 0.6) is 5.75 Å². The van der Waals surface area contributed by atoms with Crippen LogP contribution >= 0.6 is 23.2 Å². The number of carbonyl (C=O) groups excluding carboxylic acids is 1. The number of ether oxygens (including phenoxy) is 2. The highest BCUT2D eigenvalue weighted by atomic mass is 35.5. The van der Waals surface area contributed by atoms with E-state index < -0.39 is 23.7 Å². The number of carbonyl (C=O) groups is 2. The van der Waals surface area contributed by atoms with Crippen molar-refractivity contribution in [3.05, 3.63) is 40.4 Å². The summed E-state index contributed by atoms with van der Waals surface area (Å²) in [4.78, 5) is 35.8. The maximum atomic E-state index is 12.2. The summed E-state index contributed by atoms with van der Waals surface area (Å²) in [5, 5.41) is 12.1. The summed E-state index contributed by atoms with van der Waals surface area (Å²) >= 11 is 12.7. The second-order valence-corrected chi connectivity index (χ2v) is 9.45. The number of imidazole rings is 1. The Morgan fingerprint density at radius 2 is 1.97 bits per heavy atom. The Labute approximate surface area is 211 Å². The van der Waals surface area contributed by atoms with E-state index in [0.29, 0.717) is 38.9 Å². The monoisotopic (exact) mass is 524 g/mol. The third-order valence-corrected chi connectivity index (χ3v) is 5.58. The fraction of sp³-hybridized carbons (Fsp3) is 0.409. The van der Waals surface area contributed by atoms with Crippen LogP contribution in [0.25, 0.3) is 11.2 Å². The number of nitrogens with one attached hydrogen (secondary N) is 1. The van der Waals surface area contributed by atoms with Gasteiger partial charge in [0.25, 0.3) is 0 Å². The molecule has 0 saturated heterocycles. The van der Waals surface area contributed by atoms with E-state index in [4.69, 9.17) is 43.5 Å². The molecule has 4 N–H and O–H groups in total. The van der Waals surface area contributed by atoms with E-state index in [0.717, 1.165) is 0 Å². The van der Waals surface area contributed by atoms with Crippen molar-refractivity contribution in [3.8, 4) is 5.75 Å². The second-order valence-electron chi connectivity index (χ2n) is 8.67. The molecule has 2 aromatic heterocycles. The zero-order valence-electron chi connectivity index (χ0n) is 19.4. The summed E-state index contributed by atoms with van der Waals surface area (Å²) in [5.74, 6) is -0.382. The normalized spacial score (nSPS) is 12.4. The SMILES string of the molecule is CC(C)(C)OC(=O)Nc1ncnc2c1ncn2Cc1c(OCCC[C@@H](N)C(=O)O)ccc(Cl)c1Cl. The standard InChI is InChI=1S/C22H26Cl2N6O5/c1-22(2,3)35-21(33)29-18-17-19(27-10-26-18)30(11-28-17)9-12-15(7-6-13(23)16(12)24)34-8-4-5-14(25)20(31)32/h6-7,10-11,14H,4-5,8-9,25H2,1-3H3,(H,31,32)(H,26,27,29,33)/t14-/m1/s1. The first-order chi connectivity index (χ1) is 16.5. The molecule has 0 radical (unpaired) electrons. The molecule has 35 heavy (non-hydrogen) atoms.